The van der Waals surface area contributed by atoms with Crippen LogP contribution in [0.2, 0.25) is 0 Å². The van der Waals surface area contributed by atoms with Crippen LogP contribution in [-0.2, 0) is 17.0 Å². The Hall–Kier alpha value is -1.34. The molecule has 0 radical (unpaired) electrons. The number of aryl methyl sites for hydroxylation is 1. The molecule has 0 bridgehead atoms. The van der Waals surface area contributed by atoms with Crippen molar-refractivity contribution in [3.63, 3.8) is 0 Å². The minimum absolute atomic E-state index is 0.181. The maximum absolute atomic E-state index is 10.4. The molecule has 2 rings (SSSR count). The summed E-state index contributed by atoms with van der Waals surface area (Å²) in [6.07, 6.45) is 2.18. The second-order valence-corrected chi connectivity index (χ2v) is 6.41. The Balaban J connectivity index is 1.75. The number of aromatic nitrogens is 2. The molecule has 0 unspecified atom stereocenters. The average molecular weight is 371 g/mol. The van der Waals surface area contributed by atoms with E-state index in [0.717, 1.165) is 15.8 Å². The van der Waals surface area contributed by atoms with Crippen LogP contribution < -0.4 is 0 Å². The number of aliphatic carboxylic acids is 1. The van der Waals surface area contributed by atoms with Gasteiger partial charge in [0.25, 0.3) is 0 Å². The third kappa shape index (κ3) is 5.89. The van der Waals surface area contributed by atoms with Gasteiger partial charge in [0.2, 0.25) is 5.89 Å². The highest BCUT2D eigenvalue weighted by atomic mass is 79.9. The molecule has 0 atom stereocenters. The Morgan fingerprint density at radius 2 is 2.05 bits per heavy atom. The lowest BCUT2D eigenvalue weighted by molar-refractivity contribution is -0.137. The van der Waals surface area contributed by atoms with Gasteiger partial charge in [-0.2, -0.15) is 4.98 Å². The number of rotatable bonds is 8. The van der Waals surface area contributed by atoms with Crippen molar-refractivity contribution in [1.29, 1.82) is 0 Å². The second kappa shape index (κ2) is 8.19. The highest BCUT2D eigenvalue weighted by Gasteiger charge is 2.07. The molecule has 1 N–H and O–H groups in total. The van der Waals surface area contributed by atoms with Crippen molar-refractivity contribution in [2.24, 2.45) is 0 Å². The third-order valence-electron chi connectivity index (χ3n) is 2.72. The second-order valence-electron chi connectivity index (χ2n) is 4.45. The summed E-state index contributed by atoms with van der Waals surface area (Å²) < 4.78 is 6.20. The molecular formula is C14H15BrN2O3S. The molecule has 112 valence electrons. The number of benzene rings is 1. The molecule has 0 fully saturated rings. The Labute approximate surface area is 135 Å². The zero-order valence-corrected chi connectivity index (χ0v) is 13.7. The van der Waals surface area contributed by atoms with E-state index in [-0.39, 0.29) is 6.42 Å². The standard InChI is InChI=1S/C14H15BrN2O3S/c15-10-5-7-11(8-6-10)21-9-12-16-13(20-17-12)3-1-2-4-14(18)19/h5-8H,1-4,9H2,(H,18,19). The highest BCUT2D eigenvalue weighted by Crippen LogP contribution is 2.23. The monoisotopic (exact) mass is 370 g/mol. The van der Waals surface area contributed by atoms with Crippen LogP contribution in [0.1, 0.15) is 31.0 Å². The quantitative estimate of drug-likeness (QED) is 0.560. The first kappa shape index (κ1) is 16.0. The summed E-state index contributed by atoms with van der Waals surface area (Å²) in [7, 11) is 0. The fourth-order valence-corrected chi connectivity index (χ4v) is 2.69. The highest BCUT2D eigenvalue weighted by molar-refractivity contribution is 9.10. The molecule has 7 heteroatoms. The van der Waals surface area contributed by atoms with Gasteiger partial charge in [0.15, 0.2) is 5.82 Å². The van der Waals surface area contributed by atoms with Gasteiger partial charge in [0.05, 0.1) is 5.75 Å². The Morgan fingerprint density at radius 3 is 2.76 bits per heavy atom. The number of thioether (sulfide) groups is 1. The van der Waals surface area contributed by atoms with Gasteiger partial charge in [-0.1, -0.05) is 21.1 Å². The lowest BCUT2D eigenvalue weighted by Gasteiger charge is -1.98. The number of nitrogens with zero attached hydrogens (tertiary/aromatic N) is 2. The minimum Gasteiger partial charge on any atom is -0.481 e. The topological polar surface area (TPSA) is 76.2 Å². The smallest absolute Gasteiger partial charge is 0.303 e. The number of carbonyl (C=O) groups is 1. The van der Waals surface area contributed by atoms with Gasteiger partial charge in [-0.25, -0.2) is 0 Å². The molecule has 5 nitrogen and oxygen atoms in total. The Bertz CT molecular complexity index is 586. The molecule has 1 aromatic carbocycles. The average Bonchev–Trinajstić information content (AvgIpc) is 2.91. The maximum atomic E-state index is 10.4. The van der Waals surface area contributed by atoms with E-state index in [1.165, 1.54) is 0 Å². The van der Waals surface area contributed by atoms with Gasteiger partial charge in [-0.05, 0) is 37.1 Å². The van der Waals surface area contributed by atoms with Crippen LogP contribution in [0.25, 0.3) is 0 Å². The van der Waals surface area contributed by atoms with E-state index in [1.807, 2.05) is 24.3 Å². The molecule has 0 saturated heterocycles. The lowest BCUT2D eigenvalue weighted by atomic mass is 10.2. The third-order valence-corrected chi connectivity index (χ3v) is 4.26. The summed E-state index contributed by atoms with van der Waals surface area (Å²) >= 11 is 5.04. The predicted molar refractivity (Wildman–Crippen MR) is 83.2 cm³/mol. The molecule has 1 heterocycles. The zero-order valence-electron chi connectivity index (χ0n) is 11.3. The molecule has 0 aliphatic rings. The van der Waals surface area contributed by atoms with Crippen LogP contribution >= 0.6 is 27.7 Å². The van der Waals surface area contributed by atoms with Gasteiger partial charge in [0.1, 0.15) is 0 Å². The number of hydrogen-bond donors (Lipinski definition) is 1. The number of carboxylic acids is 1. The zero-order chi connectivity index (χ0) is 15.1. The van der Waals surface area contributed by atoms with Crippen molar-refractivity contribution in [3.8, 4) is 0 Å². The van der Waals surface area contributed by atoms with E-state index >= 15 is 0 Å². The fourth-order valence-electron chi connectivity index (χ4n) is 1.68. The van der Waals surface area contributed by atoms with Crippen LogP contribution in [0.3, 0.4) is 0 Å². The SMILES string of the molecule is O=C(O)CCCCc1nc(CSc2ccc(Br)cc2)no1. The van der Waals surface area contributed by atoms with Crippen molar-refractivity contribution >= 4 is 33.7 Å². The summed E-state index contributed by atoms with van der Waals surface area (Å²) in [6, 6.07) is 8.04. The van der Waals surface area contributed by atoms with E-state index in [4.69, 9.17) is 9.63 Å². The lowest BCUT2D eigenvalue weighted by Crippen LogP contribution is -1.95. The fraction of sp³-hybridized carbons (Fsp3) is 0.357. The van der Waals surface area contributed by atoms with Crippen LogP contribution in [0, 0.1) is 0 Å². The van der Waals surface area contributed by atoms with E-state index < -0.39 is 5.97 Å². The van der Waals surface area contributed by atoms with Crippen molar-refractivity contribution in [2.75, 3.05) is 0 Å². The Kier molecular flexibility index (Phi) is 6.25. The summed E-state index contributed by atoms with van der Waals surface area (Å²) in [5, 5.41) is 12.5. The van der Waals surface area contributed by atoms with Crippen LogP contribution in [0.15, 0.2) is 38.2 Å². The first-order chi connectivity index (χ1) is 10.1. The van der Waals surface area contributed by atoms with E-state index in [0.29, 0.717) is 30.3 Å². The molecule has 0 spiro atoms. The minimum atomic E-state index is -0.771. The summed E-state index contributed by atoms with van der Waals surface area (Å²) in [5.74, 6) is 1.12. The summed E-state index contributed by atoms with van der Waals surface area (Å²) in [5.41, 5.74) is 0. The largest absolute Gasteiger partial charge is 0.481 e. The van der Waals surface area contributed by atoms with Gasteiger partial charge >= 0.3 is 5.97 Å². The van der Waals surface area contributed by atoms with E-state index in [2.05, 4.69) is 26.1 Å². The molecular weight excluding hydrogens is 356 g/mol. The van der Waals surface area contributed by atoms with Crippen LogP contribution in [-0.4, -0.2) is 21.2 Å². The van der Waals surface area contributed by atoms with Crippen molar-refractivity contribution < 1.29 is 14.4 Å². The number of carboxylic acid groups (broad SMARTS) is 1. The van der Waals surface area contributed by atoms with Gasteiger partial charge in [0, 0.05) is 22.2 Å². The Morgan fingerprint density at radius 1 is 1.29 bits per heavy atom. The van der Waals surface area contributed by atoms with Crippen molar-refractivity contribution in [3.05, 3.63) is 40.5 Å². The normalized spacial score (nSPS) is 10.7. The van der Waals surface area contributed by atoms with E-state index in [1.54, 1.807) is 11.8 Å². The molecule has 0 aliphatic heterocycles. The molecule has 21 heavy (non-hydrogen) atoms. The predicted octanol–water partition coefficient (Wildman–Crippen LogP) is 3.92. The number of halogens is 1. The van der Waals surface area contributed by atoms with Crippen molar-refractivity contribution in [1.82, 2.24) is 10.1 Å². The molecule has 0 saturated carbocycles. The summed E-state index contributed by atoms with van der Waals surface area (Å²) in [4.78, 5) is 15.8. The van der Waals surface area contributed by atoms with Gasteiger partial charge in [-0.15, -0.1) is 11.8 Å². The van der Waals surface area contributed by atoms with Crippen LogP contribution in [0.5, 0.6) is 0 Å². The summed E-state index contributed by atoms with van der Waals surface area (Å²) in [6.45, 7) is 0. The van der Waals surface area contributed by atoms with E-state index in [9.17, 15) is 4.79 Å². The van der Waals surface area contributed by atoms with Crippen molar-refractivity contribution in [2.45, 2.75) is 36.3 Å². The molecule has 2 aromatic rings. The first-order valence-electron chi connectivity index (χ1n) is 6.55. The molecule has 1 aromatic heterocycles. The maximum Gasteiger partial charge on any atom is 0.303 e. The van der Waals surface area contributed by atoms with Gasteiger partial charge in [-0.3, -0.25) is 4.79 Å². The van der Waals surface area contributed by atoms with Gasteiger partial charge < -0.3 is 9.63 Å². The molecule has 0 aliphatic carbocycles. The molecule has 0 amide bonds. The number of unbranched alkanes of at least 4 members (excludes halogenated alkanes) is 1. The van der Waals surface area contributed by atoms with Crippen LogP contribution in [0.4, 0.5) is 0 Å². The first-order valence-corrected chi connectivity index (χ1v) is 8.33. The number of hydrogen-bond acceptors (Lipinski definition) is 5.